The fraction of sp³-hybridized carbons (Fsp3) is 0.500. The number of nitrogen functional groups attached to an aromatic ring is 1. The molecule has 12 heteroatoms. The van der Waals surface area contributed by atoms with Crippen molar-refractivity contribution in [2.24, 2.45) is 0 Å². The Kier molecular flexibility index (Phi) is 5.29. The Morgan fingerprint density at radius 3 is 1.82 bits per heavy atom. The molecule has 0 aromatic carbocycles. The molecule has 0 atom stereocenters. The summed E-state index contributed by atoms with van der Waals surface area (Å²) in [5.74, 6) is 0.516. The highest BCUT2D eigenvalue weighted by molar-refractivity contribution is 5.74. The van der Waals surface area contributed by atoms with Gasteiger partial charge in [0, 0.05) is 46.2 Å². The Bertz CT molecular complexity index is 879. The molecule has 0 spiro atoms. The van der Waals surface area contributed by atoms with E-state index in [-0.39, 0.29) is 23.7 Å². The first-order valence-corrected chi connectivity index (χ1v) is 8.75. The first-order valence-electron chi connectivity index (χ1n) is 8.75. The second-order valence-corrected chi connectivity index (χ2v) is 6.79. The van der Waals surface area contributed by atoms with Crippen molar-refractivity contribution < 1.29 is 14.5 Å². The Morgan fingerprint density at radius 1 is 1.00 bits per heavy atom. The monoisotopic (exact) mass is 390 g/mol. The number of aromatic nitrogens is 4. The maximum absolute atomic E-state index is 10.9. The van der Waals surface area contributed by atoms with Crippen LogP contribution in [0.5, 0.6) is 0 Å². The summed E-state index contributed by atoms with van der Waals surface area (Å²) in [4.78, 5) is 35.1. The summed E-state index contributed by atoms with van der Waals surface area (Å²) in [6, 6.07) is 3.50. The van der Waals surface area contributed by atoms with Crippen LogP contribution in [0.4, 0.5) is 11.6 Å². The van der Waals surface area contributed by atoms with Crippen LogP contribution in [0, 0.1) is 10.1 Å². The van der Waals surface area contributed by atoms with Crippen molar-refractivity contribution in [3.63, 3.8) is 0 Å². The molecule has 2 saturated heterocycles. The molecule has 4 rings (SSSR count). The van der Waals surface area contributed by atoms with Gasteiger partial charge in [0.05, 0.1) is 23.4 Å². The normalized spacial score (nSPS) is 16.6. The lowest BCUT2D eigenvalue weighted by atomic mass is 10.1. The molecular formula is C16H22N8O4. The first-order chi connectivity index (χ1) is 13.2. The first kappa shape index (κ1) is 19.3. The molecule has 2 N–H and O–H groups in total. The fourth-order valence-electron chi connectivity index (χ4n) is 2.94. The molecule has 2 amide bonds. The summed E-state index contributed by atoms with van der Waals surface area (Å²) >= 11 is 0. The van der Waals surface area contributed by atoms with Crippen LogP contribution >= 0.6 is 0 Å². The van der Waals surface area contributed by atoms with Crippen molar-refractivity contribution in [2.45, 2.75) is 25.9 Å². The highest BCUT2D eigenvalue weighted by atomic mass is 16.6. The van der Waals surface area contributed by atoms with Crippen LogP contribution in [0.3, 0.4) is 0 Å². The van der Waals surface area contributed by atoms with E-state index in [4.69, 9.17) is 5.73 Å². The van der Waals surface area contributed by atoms with E-state index in [1.807, 2.05) is 10.9 Å². The average Bonchev–Trinajstić information content (AvgIpc) is 3.14. The molecule has 0 radical (unpaired) electrons. The van der Waals surface area contributed by atoms with Crippen molar-refractivity contribution in [3.05, 3.63) is 34.6 Å². The van der Waals surface area contributed by atoms with E-state index >= 15 is 0 Å². The Balaban J connectivity index is 0.000000162. The number of nitrogens with zero attached hydrogens (tertiary/aromatic N) is 7. The lowest BCUT2D eigenvalue weighted by Crippen LogP contribution is -2.50. The minimum absolute atomic E-state index is 0.0212. The van der Waals surface area contributed by atoms with Crippen LogP contribution in [-0.2, 0) is 9.59 Å². The van der Waals surface area contributed by atoms with E-state index in [1.54, 1.807) is 29.0 Å². The Hall–Kier alpha value is -3.44. The Labute approximate surface area is 160 Å². The smallest absolute Gasteiger partial charge is 0.382 e. The van der Waals surface area contributed by atoms with Gasteiger partial charge >= 0.3 is 5.82 Å². The van der Waals surface area contributed by atoms with Crippen LogP contribution in [0.25, 0.3) is 0 Å². The molecule has 0 unspecified atom stereocenters. The topological polar surface area (TPSA) is 145 Å². The van der Waals surface area contributed by atoms with Crippen LogP contribution < -0.4 is 5.73 Å². The van der Waals surface area contributed by atoms with Crippen molar-refractivity contribution >= 4 is 23.5 Å². The number of hydrogen-bond donors (Lipinski definition) is 1. The number of anilines is 1. The zero-order chi connectivity index (χ0) is 20.4. The van der Waals surface area contributed by atoms with Gasteiger partial charge in [-0.15, -0.1) is 0 Å². The molecule has 150 valence electrons. The van der Waals surface area contributed by atoms with Crippen LogP contribution in [0.15, 0.2) is 24.5 Å². The standard InChI is InChI=1S/C8H10N4O3.C8H12N4O/c1-6(13)10-4-7(5-10)11-3-2-8(9-11)12(14)15;1-6(13)11-4-7(5-11)12-3-2-8(9)10-12/h2-3,7H,4-5H2,1H3;2-3,7H,4-5H2,1H3,(H2,9,10). The maximum Gasteiger partial charge on any atom is 0.389 e. The highest BCUT2D eigenvalue weighted by Crippen LogP contribution is 2.22. The number of carbonyl (C=O) groups is 2. The van der Waals surface area contributed by atoms with Gasteiger partial charge in [-0.1, -0.05) is 0 Å². The van der Waals surface area contributed by atoms with Crippen LogP contribution in [0.2, 0.25) is 0 Å². The van der Waals surface area contributed by atoms with Gasteiger partial charge in [0.15, 0.2) is 0 Å². The molecule has 28 heavy (non-hydrogen) atoms. The van der Waals surface area contributed by atoms with E-state index < -0.39 is 4.92 Å². The van der Waals surface area contributed by atoms with Crippen LogP contribution in [0.1, 0.15) is 25.9 Å². The fourth-order valence-corrected chi connectivity index (χ4v) is 2.94. The predicted octanol–water partition coefficient (Wildman–Crippen LogP) is 0.0630. The molecule has 0 aliphatic carbocycles. The summed E-state index contributed by atoms with van der Waals surface area (Å²) in [6.07, 6.45) is 3.41. The molecule has 4 heterocycles. The van der Waals surface area contributed by atoms with Gasteiger partial charge in [0.1, 0.15) is 11.9 Å². The second-order valence-electron chi connectivity index (χ2n) is 6.79. The van der Waals surface area contributed by atoms with Gasteiger partial charge < -0.3 is 25.6 Å². The van der Waals surface area contributed by atoms with E-state index in [9.17, 15) is 19.7 Å². The number of amides is 2. The molecule has 2 aromatic heterocycles. The minimum atomic E-state index is -0.530. The van der Waals surface area contributed by atoms with E-state index in [0.29, 0.717) is 24.9 Å². The molecule has 2 aliphatic rings. The summed E-state index contributed by atoms with van der Waals surface area (Å²) in [6.45, 7) is 5.73. The highest BCUT2D eigenvalue weighted by Gasteiger charge is 2.33. The zero-order valence-electron chi connectivity index (χ0n) is 15.6. The van der Waals surface area contributed by atoms with Crippen molar-refractivity contribution in [2.75, 3.05) is 31.9 Å². The van der Waals surface area contributed by atoms with Gasteiger partial charge in [-0.05, 0) is 11.0 Å². The largest absolute Gasteiger partial charge is 0.389 e. The average molecular weight is 390 g/mol. The van der Waals surface area contributed by atoms with Gasteiger partial charge in [0.2, 0.25) is 11.8 Å². The van der Waals surface area contributed by atoms with Gasteiger partial charge in [0.25, 0.3) is 0 Å². The third-order valence-corrected chi connectivity index (χ3v) is 4.77. The number of likely N-dealkylation sites (tertiary alicyclic amines) is 2. The lowest BCUT2D eigenvalue weighted by molar-refractivity contribution is -0.389. The number of hydrogen-bond acceptors (Lipinski definition) is 7. The molecule has 2 aromatic rings. The lowest BCUT2D eigenvalue weighted by Gasteiger charge is -2.38. The molecular weight excluding hydrogens is 368 g/mol. The molecule has 0 bridgehead atoms. The third kappa shape index (κ3) is 4.10. The third-order valence-electron chi connectivity index (χ3n) is 4.77. The van der Waals surface area contributed by atoms with E-state index in [2.05, 4.69) is 10.2 Å². The minimum Gasteiger partial charge on any atom is -0.382 e. The van der Waals surface area contributed by atoms with Crippen LogP contribution in [-0.4, -0.2) is 72.3 Å². The summed E-state index contributed by atoms with van der Waals surface area (Å²) in [7, 11) is 0. The zero-order valence-corrected chi connectivity index (χ0v) is 15.6. The van der Waals surface area contributed by atoms with Crippen molar-refractivity contribution in [1.29, 1.82) is 0 Å². The molecule has 0 saturated carbocycles. The SMILES string of the molecule is CC(=O)N1CC(n2ccc(N)n2)C1.CC(=O)N1CC(n2ccc([N+](=O)[O-])n2)C1. The van der Waals surface area contributed by atoms with Gasteiger partial charge in [-0.25, -0.2) is 0 Å². The quantitative estimate of drug-likeness (QED) is 0.576. The van der Waals surface area contributed by atoms with Crippen molar-refractivity contribution in [1.82, 2.24) is 29.4 Å². The summed E-state index contributed by atoms with van der Waals surface area (Å²) in [5.41, 5.74) is 5.48. The molecule has 2 fully saturated rings. The Morgan fingerprint density at radius 2 is 1.46 bits per heavy atom. The summed E-state index contributed by atoms with van der Waals surface area (Å²) < 4.78 is 3.35. The number of rotatable bonds is 3. The van der Waals surface area contributed by atoms with Crippen molar-refractivity contribution in [3.8, 4) is 0 Å². The van der Waals surface area contributed by atoms with Gasteiger partial charge in [-0.3, -0.25) is 14.3 Å². The number of nitro groups is 1. The molecule has 12 nitrogen and oxygen atoms in total. The van der Waals surface area contributed by atoms with E-state index in [1.165, 1.54) is 17.7 Å². The number of carbonyl (C=O) groups excluding carboxylic acids is 2. The van der Waals surface area contributed by atoms with Gasteiger partial charge in [-0.2, -0.15) is 9.78 Å². The van der Waals surface area contributed by atoms with E-state index in [0.717, 1.165) is 13.1 Å². The number of nitrogens with two attached hydrogens (primary N) is 1. The maximum atomic E-state index is 10.9. The summed E-state index contributed by atoms with van der Waals surface area (Å²) in [5, 5.41) is 18.3. The second kappa shape index (κ2) is 7.66. The predicted molar refractivity (Wildman–Crippen MR) is 98.1 cm³/mol. The molecule has 2 aliphatic heterocycles.